The lowest BCUT2D eigenvalue weighted by atomic mass is 9.75. The van der Waals surface area contributed by atoms with Gasteiger partial charge in [0, 0.05) is 0 Å². The molecule has 0 amide bonds. The number of rotatable bonds is 0. The third-order valence-corrected chi connectivity index (χ3v) is 4.39. The van der Waals surface area contributed by atoms with Crippen LogP contribution >= 0.6 is 0 Å². The smallest absolute Gasteiger partial charge is 0.0210 e. The molecule has 4 aliphatic rings. The summed E-state index contributed by atoms with van der Waals surface area (Å²) in [4.78, 5) is 0. The maximum Gasteiger partial charge on any atom is -0.0210 e. The van der Waals surface area contributed by atoms with E-state index in [1.165, 1.54) is 12.8 Å². The Bertz CT molecular complexity index is 135. The Morgan fingerprint density at radius 1 is 0.818 bits per heavy atom. The molecule has 4 bridgehead atoms. The maximum atomic E-state index is 1.96. The zero-order chi connectivity index (χ0) is 7.26. The van der Waals surface area contributed by atoms with Crippen molar-refractivity contribution in [1.29, 1.82) is 0 Å². The molecular weight excluding hydrogens is 132 g/mol. The Hall–Kier alpha value is 0. The molecule has 0 saturated heterocycles. The van der Waals surface area contributed by atoms with Crippen LogP contribution in [0.1, 0.15) is 44.9 Å². The van der Waals surface area contributed by atoms with Crippen molar-refractivity contribution in [2.45, 2.75) is 44.9 Å². The van der Waals surface area contributed by atoms with Crippen LogP contribution < -0.4 is 0 Å². The van der Waals surface area contributed by atoms with Gasteiger partial charge in [0.1, 0.15) is 0 Å². The average Bonchev–Trinajstić information content (AvgIpc) is 2.38. The second-order valence-corrected chi connectivity index (χ2v) is 4.77. The summed E-state index contributed by atoms with van der Waals surface area (Å²) in [6.45, 7) is 0. The minimum Gasteiger partial charge on any atom is -0.0499 e. The van der Waals surface area contributed by atoms with Gasteiger partial charge in [-0.3, -0.25) is 0 Å². The molecule has 0 heteroatoms. The Labute approximate surface area is 69.4 Å². The van der Waals surface area contributed by atoms with Gasteiger partial charge in [0.05, 0.1) is 0 Å². The van der Waals surface area contributed by atoms with E-state index in [0.29, 0.717) is 0 Å². The van der Waals surface area contributed by atoms with Crippen molar-refractivity contribution in [3.8, 4) is 0 Å². The van der Waals surface area contributed by atoms with E-state index >= 15 is 0 Å². The summed E-state index contributed by atoms with van der Waals surface area (Å²) in [5.74, 6) is 5.35. The molecule has 4 aliphatic carbocycles. The van der Waals surface area contributed by atoms with Crippen LogP contribution in [-0.4, -0.2) is 0 Å². The van der Waals surface area contributed by atoms with Crippen LogP contribution in [-0.2, 0) is 0 Å². The van der Waals surface area contributed by atoms with Gasteiger partial charge in [-0.1, -0.05) is 0 Å². The van der Waals surface area contributed by atoms with E-state index in [1.54, 1.807) is 32.1 Å². The van der Waals surface area contributed by atoms with Gasteiger partial charge in [-0.2, -0.15) is 0 Å². The lowest BCUT2D eigenvalue weighted by Gasteiger charge is -2.30. The highest BCUT2D eigenvalue weighted by Gasteiger charge is 2.41. The fourth-order valence-corrected chi connectivity index (χ4v) is 3.71. The normalized spacial score (nSPS) is 49.6. The molecule has 0 spiro atoms. The van der Waals surface area contributed by atoms with Gasteiger partial charge < -0.3 is 0 Å². The summed E-state index contributed by atoms with van der Waals surface area (Å²) in [5.41, 5.74) is 0. The van der Waals surface area contributed by atoms with Gasteiger partial charge in [0.2, 0.25) is 0 Å². The second kappa shape index (κ2) is 2.24. The van der Waals surface area contributed by atoms with Crippen molar-refractivity contribution < 1.29 is 0 Å². The Kier molecular flexibility index (Phi) is 1.33. The lowest BCUT2D eigenvalue weighted by molar-refractivity contribution is 0.278. The molecule has 4 fully saturated rings. The van der Waals surface area contributed by atoms with E-state index in [0.717, 1.165) is 17.8 Å². The molecule has 2 unspecified atom stereocenters. The monoisotopic (exact) mass is 149 g/mol. The van der Waals surface area contributed by atoms with Crippen LogP contribution in [0.2, 0.25) is 0 Å². The van der Waals surface area contributed by atoms with Gasteiger partial charge in [-0.25, -0.2) is 0 Å². The van der Waals surface area contributed by atoms with Crippen LogP contribution in [0.15, 0.2) is 0 Å². The van der Waals surface area contributed by atoms with Crippen LogP contribution in [0.25, 0.3) is 0 Å². The maximum absolute atomic E-state index is 1.96. The zero-order valence-corrected chi connectivity index (χ0v) is 7.18. The first kappa shape index (κ1) is 6.51. The van der Waals surface area contributed by atoms with E-state index in [9.17, 15) is 0 Å². The SMILES string of the molecule is C1CC2CC[C]1C1CCC2C1. The molecule has 0 aromatic heterocycles. The number of fused-ring (bicyclic) bond motifs is 2. The first-order chi connectivity index (χ1) is 5.43. The molecule has 2 atom stereocenters. The molecule has 0 heterocycles. The molecule has 4 rings (SSSR count). The summed E-state index contributed by atoms with van der Waals surface area (Å²) < 4.78 is 0. The molecule has 0 aromatic carbocycles. The predicted molar refractivity (Wildman–Crippen MR) is 46.0 cm³/mol. The van der Waals surface area contributed by atoms with Gasteiger partial charge in [-0.15, -0.1) is 0 Å². The van der Waals surface area contributed by atoms with Crippen LogP contribution in [0, 0.1) is 23.7 Å². The molecule has 1 radical (unpaired) electrons. The summed E-state index contributed by atoms with van der Waals surface area (Å²) in [5, 5.41) is 0. The minimum atomic E-state index is 1.09. The molecule has 61 valence electrons. The van der Waals surface area contributed by atoms with Crippen molar-refractivity contribution in [2.75, 3.05) is 0 Å². The molecule has 0 aliphatic heterocycles. The van der Waals surface area contributed by atoms with E-state index in [-0.39, 0.29) is 0 Å². The fourth-order valence-electron chi connectivity index (χ4n) is 3.71. The molecule has 0 N–H and O–H groups in total. The Morgan fingerprint density at radius 2 is 1.64 bits per heavy atom. The quantitative estimate of drug-likeness (QED) is 0.496. The number of hydrogen-bond donors (Lipinski definition) is 0. The van der Waals surface area contributed by atoms with Crippen molar-refractivity contribution in [2.24, 2.45) is 17.8 Å². The Morgan fingerprint density at radius 3 is 2.45 bits per heavy atom. The van der Waals surface area contributed by atoms with Crippen LogP contribution in [0.5, 0.6) is 0 Å². The molecular formula is C11H17. The Balaban J connectivity index is 1.92. The highest BCUT2D eigenvalue weighted by molar-refractivity contribution is 5.08. The van der Waals surface area contributed by atoms with Crippen molar-refractivity contribution in [3.63, 3.8) is 0 Å². The largest absolute Gasteiger partial charge is 0.0499 e. The molecule has 11 heavy (non-hydrogen) atoms. The van der Waals surface area contributed by atoms with Gasteiger partial charge >= 0.3 is 0 Å². The lowest BCUT2D eigenvalue weighted by Crippen LogP contribution is -2.18. The highest BCUT2D eigenvalue weighted by Crippen LogP contribution is 2.53. The predicted octanol–water partition coefficient (Wildman–Crippen LogP) is 3.18. The van der Waals surface area contributed by atoms with Crippen molar-refractivity contribution in [1.82, 2.24) is 0 Å². The van der Waals surface area contributed by atoms with E-state index in [1.807, 2.05) is 5.92 Å². The van der Waals surface area contributed by atoms with E-state index < -0.39 is 0 Å². The molecule has 0 aromatic rings. The van der Waals surface area contributed by atoms with Gasteiger partial charge in [-0.05, 0) is 68.6 Å². The van der Waals surface area contributed by atoms with Crippen molar-refractivity contribution >= 4 is 0 Å². The summed E-state index contributed by atoms with van der Waals surface area (Å²) in [7, 11) is 0. The van der Waals surface area contributed by atoms with Gasteiger partial charge in [0.15, 0.2) is 0 Å². The summed E-state index contributed by atoms with van der Waals surface area (Å²) in [6, 6.07) is 0. The topological polar surface area (TPSA) is 0 Å². The van der Waals surface area contributed by atoms with Crippen LogP contribution in [0.4, 0.5) is 0 Å². The average molecular weight is 149 g/mol. The molecule has 4 saturated carbocycles. The summed E-state index contributed by atoms with van der Waals surface area (Å²) >= 11 is 0. The third kappa shape index (κ3) is 0.878. The fraction of sp³-hybridized carbons (Fsp3) is 0.909. The molecule has 0 nitrogen and oxygen atoms in total. The first-order valence-corrected chi connectivity index (χ1v) is 5.28. The first-order valence-electron chi connectivity index (χ1n) is 5.28. The minimum absolute atomic E-state index is 1.09. The standard InChI is InChI=1S/C11H17/c1-2-9-4-3-8(1)10-5-6-11(9)7-10/h8,10-11H,1-7H2. The third-order valence-electron chi connectivity index (χ3n) is 4.39. The number of hydrogen-bond acceptors (Lipinski definition) is 0. The van der Waals surface area contributed by atoms with E-state index in [4.69, 9.17) is 0 Å². The van der Waals surface area contributed by atoms with Crippen molar-refractivity contribution in [3.05, 3.63) is 5.92 Å². The van der Waals surface area contributed by atoms with E-state index in [2.05, 4.69) is 0 Å². The highest BCUT2D eigenvalue weighted by atomic mass is 14.5. The summed E-state index contributed by atoms with van der Waals surface area (Å²) in [6.07, 6.45) is 10.8. The van der Waals surface area contributed by atoms with Crippen LogP contribution in [0.3, 0.4) is 0 Å². The zero-order valence-electron chi connectivity index (χ0n) is 7.18. The van der Waals surface area contributed by atoms with Gasteiger partial charge in [0.25, 0.3) is 0 Å². The second-order valence-electron chi connectivity index (χ2n) is 4.77.